The average molecular weight is 331 g/mol. The van der Waals surface area contributed by atoms with Crippen LogP contribution in [0.15, 0.2) is 17.3 Å². The number of rotatable bonds is 4. The second kappa shape index (κ2) is 6.44. The average Bonchev–Trinajstić information content (AvgIpc) is 2.47. The van der Waals surface area contributed by atoms with Crippen molar-refractivity contribution in [2.24, 2.45) is 0 Å². The van der Waals surface area contributed by atoms with E-state index < -0.39 is 11.6 Å². The maximum absolute atomic E-state index is 13.9. The van der Waals surface area contributed by atoms with Gasteiger partial charge in [0.25, 0.3) is 0 Å². The number of anilines is 2. The van der Waals surface area contributed by atoms with E-state index in [9.17, 15) is 8.78 Å². The highest BCUT2D eigenvalue weighted by Crippen LogP contribution is 2.27. The molecule has 0 atom stereocenters. The minimum atomic E-state index is -0.630. The van der Waals surface area contributed by atoms with Gasteiger partial charge in [-0.3, -0.25) is 0 Å². The molecule has 21 heavy (non-hydrogen) atoms. The number of nitrogens with two attached hydrogens (primary N) is 1. The molecule has 0 bridgehead atoms. The van der Waals surface area contributed by atoms with Gasteiger partial charge in [0.15, 0.2) is 16.1 Å². The Kier molecular flexibility index (Phi) is 4.84. The third-order valence-electron chi connectivity index (χ3n) is 2.87. The smallest absolute Gasteiger partial charge is 0.190 e. The van der Waals surface area contributed by atoms with E-state index in [0.717, 1.165) is 0 Å². The van der Waals surface area contributed by atoms with E-state index in [0.29, 0.717) is 10.7 Å². The summed E-state index contributed by atoms with van der Waals surface area (Å²) in [5, 5.41) is 3.32. The molecule has 0 spiro atoms. The number of hydrogen-bond donors (Lipinski definition) is 2. The summed E-state index contributed by atoms with van der Waals surface area (Å²) in [4.78, 5) is 8.10. The molecular weight excluding hydrogens is 318 g/mol. The van der Waals surface area contributed by atoms with Crippen LogP contribution in [-0.2, 0) is 6.54 Å². The normalized spacial score (nSPS) is 10.7. The van der Waals surface area contributed by atoms with Crippen LogP contribution in [-0.4, -0.2) is 16.2 Å². The molecule has 0 radical (unpaired) electrons. The van der Waals surface area contributed by atoms with Gasteiger partial charge < -0.3 is 11.1 Å². The molecule has 0 saturated carbocycles. The van der Waals surface area contributed by atoms with E-state index in [-0.39, 0.29) is 28.8 Å². The Morgan fingerprint density at radius 3 is 2.71 bits per heavy atom. The molecule has 1 heterocycles. The predicted molar refractivity (Wildman–Crippen MR) is 81.7 cm³/mol. The van der Waals surface area contributed by atoms with Crippen molar-refractivity contribution in [3.8, 4) is 0 Å². The Balaban J connectivity index is 2.29. The van der Waals surface area contributed by atoms with Crippen LogP contribution in [0.25, 0.3) is 0 Å². The van der Waals surface area contributed by atoms with Gasteiger partial charge in [-0.2, -0.15) is 0 Å². The van der Waals surface area contributed by atoms with Crippen LogP contribution in [0, 0.1) is 18.6 Å². The van der Waals surface area contributed by atoms with Gasteiger partial charge >= 0.3 is 0 Å². The maximum Gasteiger partial charge on any atom is 0.190 e. The fourth-order valence-electron chi connectivity index (χ4n) is 1.70. The van der Waals surface area contributed by atoms with Crippen LogP contribution >= 0.6 is 23.4 Å². The number of nitrogen functional groups attached to an aromatic ring is 1. The largest absolute Gasteiger partial charge is 0.393 e. The highest BCUT2D eigenvalue weighted by atomic mass is 35.5. The fraction of sp³-hybridized carbons (Fsp3) is 0.231. The SMILES string of the molecule is CSc1nc(Cl)c(N)c(NCc2c(F)ccc(C)c2F)n1. The van der Waals surface area contributed by atoms with Gasteiger partial charge in [-0.25, -0.2) is 18.7 Å². The van der Waals surface area contributed by atoms with Crippen molar-refractivity contribution in [1.29, 1.82) is 0 Å². The summed E-state index contributed by atoms with van der Waals surface area (Å²) in [5.74, 6) is -0.972. The van der Waals surface area contributed by atoms with Crippen molar-refractivity contribution in [3.63, 3.8) is 0 Å². The van der Waals surface area contributed by atoms with Gasteiger partial charge in [0.1, 0.15) is 17.3 Å². The van der Waals surface area contributed by atoms with Crippen molar-refractivity contribution in [1.82, 2.24) is 9.97 Å². The molecule has 0 saturated heterocycles. The summed E-state index contributed by atoms with van der Waals surface area (Å²) in [6.45, 7) is 1.48. The number of thioether (sulfide) groups is 1. The highest BCUT2D eigenvalue weighted by molar-refractivity contribution is 7.98. The first-order valence-electron chi connectivity index (χ1n) is 5.98. The lowest BCUT2D eigenvalue weighted by Gasteiger charge is -2.12. The Morgan fingerprint density at radius 1 is 1.33 bits per heavy atom. The predicted octanol–water partition coefficient (Wildman–Crippen LogP) is 3.63. The van der Waals surface area contributed by atoms with E-state index in [1.165, 1.54) is 23.9 Å². The minimum Gasteiger partial charge on any atom is -0.393 e. The number of halogens is 3. The summed E-state index contributed by atoms with van der Waals surface area (Å²) in [5.41, 5.74) is 6.19. The quantitative estimate of drug-likeness (QED) is 0.509. The van der Waals surface area contributed by atoms with Gasteiger partial charge in [-0.1, -0.05) is 29.4 Å². The lowest BCUT2D eigenvalue weighted by Crippen LogP contribution is -2.10. The third-order valence-corrected chi connectivity index (χ3v) is 3.71. The number of benzene rings is 1. The van der Waals surface area contributed by atoms with E-state index in [2.05, 4.69) is 15.3 Å². The van der Waals surface area contributed by atoms with Gasteiger partial charge in [-0.15, -0.1) is 0 Å². The molecule has 0 fully saturated rings. The second-order valence-electron chi connectivity index (χ2n) is 4.27. The number of hydrogen-bond acceptors (Lipinski definition) is 5. The number of aryl methyl sites for hydroxylation is 1. The van der Waals surface area contributed by atoms with Crippen LogP contribution in [0.4, 0.5) is 20.3 Å². The number of aromatic nitrogens is 2. The Hall–Kier alpha value is -1.60. The highest BCUT2D eigenvalue weighted by Gasteiger charge is 2.14. The molecule has 3 N–H and O–H groups in total. The van der Waals surface area contributed by atoms with E-state index in [1.807, 2.05) is 0 Å². The molecule has 1 aromatic heterocycles. The van der Waals surface area contributed by atoms with Crippen LogP contribution in [0.3, 0.4) is 0 Å². The lowest BCUT2D eigenvalue weighted by atomic mass is 10.1. The van der Waals surface area contributed by atoms with E-state index in [1.54, 1.807) is 13.2 Å². The summed E-state index contributed by atoms with van der Waals surface area (Å²) >= 11 is 7.18. The molecule has 0 aliphatic carbocycles. The van der Waals surface area contributed by atoms with Gasteiger partial charge in [0, 0.05) is 12.1 Å². The van der Waals surface area contributed by atoms with Crippen LogP contribution in [0.5, 0.6) is 0 Å². The van der Waals surface area contributed by atoms with Crippen molar-refractivity contribution < 1.29 is 8.78 Å². The topological polar surface area (TPSA) is 63.8 Å². The van der Waals surface area contributed by atoms with Gasteiger partial charge in [-0.05, 0) is 24.8 Å². The van der Waals surface area contributed by atoms with Crippen molar-refractivity contribution in [3.05, 3.63) is 40.0 Å². The number of nitrogens with zero attached hydrogens (tertiary/aromatic N) is 2. The van der Waals surface area contributed by atoms with E-state index >= 15 is 0 Å². The molecular formula is C13H13ClF2N4S. The molecule has 0 unspecified atom stereocenters. The summed E-state index contributed by atoms with van der Waals surface area (Å²) in [6.07, 6.45) is 1.78. The molecule has 0 amide bonds. The molecule has 8 heteroatoms. The Morgan fingerprint density at radius 2 is 2.05 bits per heavy atom. The first-order chi connectivity index (χ1) is 9.93. The first kappa shape index (κ1) is 15.8. The second-order valence-corrected chi connectivity index (χ2v) is 5.41. The Labute approximate surface area is 130 Å². The molecule has 0 aliphatic heterocycles. The van der Waals surface area contributed by atoms with Crippen LogP contribution < -0.4 is 11.1 Å². The fourth-order valence-corrected chi connectivity index (χ4v) is 2.28. The summed E-state index contributed by atoms with van der Waals surface area (Å²) < 4.78 is 27.6. The maximum atomic E-state index is 13.9. The lowest BCUT2D eigenvalue weighted by molar-refractivity contribution is 0.554. The molecule has 2 aromatic rings. The first-order valence-corrected chi connectivity index (χ1v) is 7.58. The zero-order chi connectivity index (χ0) is 15.6. The third kappa shape index (κ3) is 3.36. The van der Waals surface area contributed by atoms with Crippen molar-refractivity contribution in [2.75, 3.05) is 17.3 Å². The van der Waals surface area contributed by atoms with Crippen molar-refractivity contribution >= 4 is 34.9 Å². The van der Waals surface area contributed by atoms with Gasteiger partial charge in [0.05, 0.1) is 0 Å². The van der Waals surface area contributed by atoms with Crippen LogP contribution in [0.2, 0.25) is 5.15 Å². The molecule has 112 valence electrons. The zero-order valence-corrected chi connectivity index (χ0v) is 12.9. The summed E-state index contributed by atoms with van der Waals surface area (Å²) in [6, 6.07) is 2.61. The van der Waals surface area contributed by atoms with Crippen LogP contribution in [0.1, 0.15) is 11.1 Å². The standard InChI is InChI=1S/C13H13ClF2N4S/c1-6-3-4-8(15)7(9(6)16)5-18-12-10(17)11(14)19-13(20-12)21-2/h3-4H,5,17H2,1-2H3,(H,18,19,20). The molecule has 0 aliphatic rings. The minimum absolute atomic E-state index is 0.0742. The monoisotopic (exact) mass is 330 g/mol. The number of nitrogens with one attached hydrogen (secondary N) is 1. The zero-order valence-electron chi connectivity index (χ0n) is 11.4. The van der Waals surface area contributed by atoms with E-state index in [4.69, 9.17) is 17.3 Å². The molecule has 1 aromatic carbocycles. The van der Waals surface area contributed by atoms with Gasteiger partial charge in [0.2, 0.25) is 0 Å². The van der Waals surface area contributed by atoms with Crippen molar-refractivity contribution in [2.45, 2.75) is 18.6 Å². The molecule has 2 rings (SSSR count). The summed E-state index contributed by atoms with van der Waals surface area (Å²) in [7, 11) is 0. The molecule has 4 nitrogen and oxygen atoms in total. The Bertz CT molecular complexity index is 682.